The van der Waals surface area contributed by atoms with E-state index in [0.717, 1.165) is 11.3 Å². The number of halogens is 1. The maximum Gasteiger partial charge on any atom is 0.220 e. The summed E-state index contributed by atoms with van der Waals surface area (Å²) in [7, 11) is 3.07. The number of aromatic nitrogens is 3. The van der Waals surface area contributed by atoms with Crippen LogP contribution in [-0.4, -0.2) is 40.5 Å². The zero-order valence-electron chi connectivity index (χ0n) is 16.0. The Morgan fingerprint density at radius 2 is 1.83 bits per heavy atom. The first-order valence-corrected chi connectivity index (χ1v) is 9.87. The van der Waals surface area contributed by atoms with Gasteiger partial charge in [-0.05, 0) is 48.9 Å². The number of ether oxygens (including phenoxy) is 2. The van der Waals surface area contributed by atoms with Crippen molar-refractivity contribution in [2.75, 3.05) is 20.8 Å². The summed E-state index contributed by atoms with van der Waals surface area (Å²) < 4.78 is 12.4. The number of nitro groups is 1. The quantitative estimate of drug-likeness (QED) is 0.295. The third kappa shape index (κ3) is 4.80. The lowest BCUT2D eigenvalue weighted by Crippen LogP contribution is -2.11. The van der Waals surface area contributed by atoms with Crippen molar-refractivity contribution in [2.24, 2.45) is 0 Å². The van der Waals surface area contributed by atoms with Crippen LogP contribution in [0.25, 0.3) is 5.69 Å². The Morgan fingerprint density at radius 1 is 1.14 bits per heavy atom. The highest BCUT2D eigenvalue weighted by Crippen LogP contribution is 2.39. The zero-order valence-corrected chi connectivity index (χ0v) is 17.6. The third-order valence-corrected chi connectivity index (χ3v) is 5.65. The molecule has 1 atom stereocenters. The average Bonchev–Trinajstić information content (AvgIpc) is 3.07. The van der Waals surface area contributed by atoms with Crippen molar-refractivity contribution in [3.8, 4) is 17.2 Å². The summed E-state index contributed by atoms with van der Waals surface area (Å²) in [5.74, 6) is 1.73. The monoisotopic (exact) mass is 434 g/mol. The van der Waals surface area contributed by atoms with Crippen molar-refractivity contribution < 1.29 is 14.4 Å². The van der Waals surface area contributed by atoms with Crippen molar-refractivity contribution in [2.45, 2.75) is 17.3 Å². The molecule has 0 saturated carbocycles. The number of hydrogen-bond donors (Lipinski definition) is 0. The van der Waals surface area contributed by atoms with Crippen LogP contribution in [0.3, 0.4) is 0 Å². The Hall–Kier alpha value is -2.78. The molecule has 0 N–H and O–H groups in total. The molecule has 0 spiro atoms. The lowest BCUT2D eigenvalue weighted by atomic mass is 10.1. The van der Waals surface area contributed by atoms with Crippen LogP contribution in [-0.2, 0) is 0 Å². The van der Waals surface area contributed by atoms with E-state index in [4.69, 9.17) is 21.1 Å². The second kappa shape index (κ2) is 9.15. The molecule has 29 heavy (non-hydrogen) atoms. The Labute approximate surface area is 177 Å². The van der Waals surface area contributed by atoms with Gasteiger partial charge in [-0.25, -0.2) is 0 Å². The molecule has 0 aliphatic heterocycles. The molecule has 1 aromatic heterocycles. The molecule has 3 rings (SSSR count). The van der Waals surface area contributed by atoms with Gasteiger partial charge in [-0.15, -0.1) is 10.2 Å². The number of nitrogens with zero attached hydrogens (tertiary/aromatic N) is 4. The van der Waals surface area contributed by atoms with Gasteiger partial charge in [0.2, 0.25) is 6.54 Å². The molecule has 152 valence electrons. The van der Waals surface area contributed by atoms with E-state index in [9.17, 15) is 10.1 Å². The molecule has 10 heteroatoms. The van der Waals surface area contributed by atoms with E-state index in [1.165, 1.54) is 26.0 Å². The summed E-state index contributed by atoms with van der Waals surface area (Å²) in [6.45, 7) is 1.54. The van der Waals surface area contributed by atoms with Crippen molar-refractivity contribution in [1.29, 1.82) is 0 Å². The fraction of sp³-hybridized carbons (Fsp3) is 0.263. The van der Waals surface area contributed by atoms with E-state index in [-0.39, 0.29) is 11.5 Å². The van der Waals surface area contributed by atoms with E-state index >= 15 is 0 Å². The molecule has 3 aromatic rings. The normalized spacial score (nSPS) is 11.9. The van der Waals surface area contributed by atoms with Crippen LogP contribution in [0.4, 0.5) is 0 Å². The van der Waals surface area contributed by atoms with Gasteiger partial charge in [0.05, 0.1) is 14.2 Å². The molecule has 0 aliphatic rings. The predicted molar refractivity (Wildman–Crippen MR) is 111 cm³/mol. The van der Waals surface area contributed by atoms with Gasteiger partial charge in [-0.3, -0.25) is 14.7 Å². The van der Waals surface area contributed by atoms with Gasteiger partial charge in [-0.1, -0.05) is 29.4 Å². The fourth-order valence-corrected chi connectivity index (χ4v) is 4.12. The second-order valence-corrected chi connectivity index (χ2v) is 7.68. The Kier molecular flexibility index (Phi) is 6.60. The fourth-order valence-electron chi connectivity index (χ4n) is 2.83. The standard InChI is InChI=1S/C19H19ClN4O4S/c1-12-21-22-19(24(12)15-7-5-14(20)6-8-15)29-18(11-23(25)26)13-4-9-16(27-2)17(10-13)28-3/h4-10,18H,11H2,1-3H3/t18-/m0/s1. The first-order chi connectivity index (χ1) is 13.9. The summed E-state index contributed by atoms with van der Waals surface area (Å²) in [5.41, 5.74) is 1.55. The number of hydrogen-bond acceptors (Lipinski definition) is 7. The highest BCUT2D eigenvalue weighted by Gasteiger charge is 2.25. The predicted octanol–water partition coefficient (Wildman–Crippen LogP) is 4.36. The molecule has 0 radical (unpaired) electrons. The van der Waals surface area contributed by atoms with Crippen LogP contribution in [0, 0.1) is 17.0 Å². The minimum Gasteiger partial charge on any atom is -0.493 e. The number of benzene rings is 2. The smallest absolute Gasteiger partial charge is 0.220 e. The Bertz CT molecular complexity index is 1010. The molecule has 8 nitrogen and oxygen atoms in total. The van der Waals surface area contributed by atoms with Crippen LogP contribution in [0.5, 0.6) is 11.5 Å². The molecule has 0 saturated heterocycles. The van der Waals surface area contributed by atoms with Gasteiger partial charge >= 0.3 is 0 Å². The van der Waals surface area contributed by atoms with Gasteiger partial charge in [0.25, 0.3) is 0 Å². The van der Waals surface area contributed by atoms with Gasteiger partial charge in [0.15, 0.2) is 16.7 Å². The van der Waals surface area contributed by atoms with Crippen molar-refractivity contribution in [3.05, 3.63) is 69.0 Å². The molecule has 1 heterocycles. The first kappa shape index (κ1) is 20.9. The summed E-state index contributed by atoms with van der Waals surface area (Å²) in [5, 5.41) is 20.4. The van der Waals surface area contributed by atoms with E-state index in [1.54, 1.807) is 30.3 Å². The van der Waals surface area contributed by atoms with Crippen molar-refractivity contribution in [1.82, 2.24) is 14.8 Å². The lowest BCUT2D eigenvalue weighted by Gasteiger charge is -2.16. The number of aryl methyl sites for hydroxylation is 1. The van der Waals surface area contributed by atoms with Crippen LogP contribution in [0.15, 0.2) is 47.6 Å². The summed E-state index contributed by atoms with van der Waals surface area (Å²) in [6, 6.07) is 12.5. The summed E-state index contributed by atoms with van der Waals surface area (Å²) in [4.78, 5) is 11.0. The summed E-state index contributed by atoms with van der Waals surface area (Å²) >= 11 is 7.25. The highest BCUT2D eigenvalue weighted by molar-refractivity contribution is 7.99. The molecule has 0 unspecified atom stereocenters. The molecule has 0 fully saturated rings. The van der Waals surface area contributed by atoms with Crippen LogP contribution in [0.1, 0.15) is 16.6 Å². The van der Waals surface area contributed by atoms with Crippen molar-refractivity contribution >= 4 is 23.4 Å². The van der Waals surface area contributed by atoms with Crippen LogP contribution >= 0.6 is 23.4 Å². The van der Waals surface area contributed by atoms with Gasteiger partial charge in [-0.2, -0.15) is 0 Å². The van der Waals surface area contributed by atoms with Gasteiger partial charge in [0.1, 0.15) is 11.1 Å². The maximum absolute atomic E-state index is 11.3. The maximum atomic E-state index is 11.3. The van der Waals surface area contributed by atoms with Crippen molar-refractivity contribution in [3.63, 3.8) is 0 Å². The van der Waals surface area contributed by atoms with E-state index in [2.05, 4.69) is 10.2 Å². The third-order valence-electron chi connectivity index (χ3n) is 4.22. The minimum absolute atomic E-state index is 0.285. The Morgan fingerprint density at radius 3 is 2.45 bits per heavy atom. The van der Waals surface area contributed by atoms with E-state index in [1.807, 2.05) is 23.6 Å². The number of rotatable bonds is 8. The molecule has 0 aliphatic carbocycles. The van der Waals surface area contributed by atoms with Gasteiger partial charge in [0, 0.05) is 15.6 Å². The second-order valence-electron chi connectivity index (χ2n) is 6.08. The van der Waals surface area contributed by atoms with Gasteiger partial charge < -0.3 is 9.47 Å². The largest absolute Gasteiger partial charge is 0.493 e. The van der Waals surface area contributed by atoms with Crippen LogP contribution in [0.2, 0.25) is 5.02 Å². The lowest BCUT2D eigenvalue weighted by molar-refractivity contribution is -0.479. The number of thioether (sulfide) groups is 1. The first-order valence-electron chi connectivity index (χ1n) is 8.61. The topological polar surface area (TPSA) is 92.3 Å². The average molecular weight is 435 g/mol. The molecular formula is C19H19ClN4O4S. The Balaban J connectivity index is 1.98. The van der Waals surface area contributed by atoms with Crippen LogP contribution < -0.4 is 9.47 Å². The SMILES string of the molecule is COc1ccc([C@H](C[N+](=O)[O-])Sc2nnc(C)n2-c2ccc(Cl)cc2)cc1OC. The summed E-state index contributed by atoms with van der Waals surface area (Å²) in [6.07, 6.45) is 0. The molecular weight excluding hydrogens is 416 g/mol. The number of methoxy groups -OCH3 is 2. The van der Waals surface area contributed by atoms with E-state index < -0.39 is 5.25 Å². The molecule has 2 aromatic carbocycles. The minimum atomic E-state index is -0.501. The zero-order chi connectivity index (χ0) is 21.0. The highest BCUT2D eigenvalue weighted by atomic mass is 35.5. The molecule has 0 amide bonds. The van der Waals surface area contributed by atoms with E-state index in [0.29, 0.717) is 27.5 Å². The molecule has 0 bridgehead atoms.